The van der Waals surface area contributed by atoms with Gasteiger partial charge in [0.25, 0.3) is 11.8 Å². The maximum absolute atomic E-state index is 11.9. The number of ether oxygens (including phenoxy) is 1. The van der Waals surface area contributed by atoms with Crippen LogP contribution in [0, 0.1) is 0 Å². The number of anilines is 1. The number of carbonyl (C=O) groups is 3. The van der Waals surface area contributed by atoms with Crippen molar-refractivity contribution in [2.75, 3.05) is 18.5 Å². The van der Waals surface area contributed by atoms with Gasteiger partial charge in [-0.25, -0.2) is 0 Å². The van der Waals surface area contributed by atoms with Crippen molar-refractivity contribution in [1.82, 2.24) is 5.32 Å². The third kappa shape index (κ3) is 7.74. The van der Waals surface area contributed by atoms with E-state index in [2.05, 4.69) is 10.6 Å². The van der Waals surface area contributed by atoms with Gasteiger partial charge in [-0.1, -0.05) is 46.4 Å². The predicted molar refractivity (Wildman–Crippen MR) is 114 cm³/mol. The van der Waals surface area contributed by atoms with Crippen LogP contribution in [0.3, 0.4) is 0 Å². The summed E-state index contributed by atoms with van der Waals surface area (Å²) in [5, 5.41) is 6.33. The molecule has 29 heavy (non-hydrogen) atoms. The Morgan fingerprint density at radius 1 is 0.897 bits per heavy atom. The monoisotopic (exact) mass is 476 g/mol. The molecule has 0 fully saturated rings. The average Bonchev–Trinajstić information content (AvgIpc) is 2.66. The van der Waals surface area contributed by atoms with E-state index in [0.717, 1.165) is 0 Å². The van der Waals surface area contributed by atoms with E-state index < -0.39 is 18.5 Å². The molecule has 0 unspecified atom stereocenters. The maximum Gasteiger partial charge on any atom is 0.306 e. The summed E-state index contributed by atoms with van der Waals surface area (Å²) >= 11 is 23.5. The zero-order valence-electron chi connectivity index (χ0n) is 14.9. The van der Waals surface area contributed by atoms with Crippen molar-refractivity contribution in [3.8, 4) is 0 Å². The number of benzene rings is 2. The van der Waals surface area contributed by atoms with Crippen LogP contribution in [0.5, 0.6) is 0 Å². The van der Waals surface area contributed by atoms with E-state index in [1.54, 1.807) is 24.3 Å². The number of carbonyl (C=O) groups excluding carboxylic acids is 3. The minimum Gasteiger partial charge on any atom is -0.456 e. The number of nitrogens with one attached hydrogen (secondary N) is 2. The quantitative estimate of drug-likeness (QED) is 0.414. The highest BCUT2D eigenvalue weighted by atomic mass is 35.5. The Morgan fingerprint density at radius 3 is 2.14 bits per heavy atom. The van der Waals surface area contributed by atoms with Crippen LogP contribution in [0.1, 0.15) is 23.2 Å². The largest absolute Gasteiger partial charge is 0.456 e. The predicted octanol–water partition coefficient (Wildman–Crippen LogP) is 4.99. The molecule has 0 aliphatic rings. The summed E-state index contributed by atoms with van der Waals surface area (Å²) in [7, 11) is 0. The van der Waals surface area contributed by atoms with Gasteiger partial charge in [0.15, 0.2) is 6.61 Å². The van der Waals surface area contributed by atoms with Crippen LogP contribution in [-0.4, -0.2) is 30.9 Å². The summed E-state index contributed by atoms with van der Waals surface area (Å²) in [6, 6.07) is 9.28. The number of rotatable bonds is 8. The highest BCUT2D eigenvalue weighted by Crippen LogP contribution is 2.33. The van der Waals surface area contributed by atoms with E-state index >= 15 is 0 Å². The molecule has 2 rings (SSSR count). The van der Waals surface area contributed by atoms with Crippen LogP contribution in [0.25, 0.3) is 0 Å². The van der Waals surface area contributed by atoms with E-state index in [1.807, 2.05) is 0 Å². The van der Waals surface area contributed by atoms with Crippen molar-refractivity contribution in [1.29, 1.82) is 0 Å². The van der Waals surface area contributed by atoms with Crippen LogP contribution >= 0.6 is 46.4 Å². The number of hydrogen-bond acceptors (Lipinski definition) is 4. The Labute approximate surface area is 187 Å². The molecule has 0 aliphatic heterocycles. The lowest BCUT2D eigenvalue weighted by Gasteiger charge is -2.10. The standard InChI is InChI=1S/C19H16Cl4N2O4/c20-12-5-3-11(4-6-12)19(28)24-7-1-2-17(27)29-10-16(26)25-18-14(22)8-13(21)9-15(18)23/h3-6,8-9H,1-2,7,10H2,(H,24,28)(H,25,26). The molecule has 154 valence electrons. The Hall–Kier alpha value is -1.99. The molecule has 0 aliphatic carbocycles. The second kappa shape index (κ2) is 11.3. The molecule has 10 heteroatoms. The van der Waals surface area contributed by atoms with Gasteiger partial charge >= 0.3 is 5.97 Å². The van der Waals surface area contributed by atoms with Gasteiger partial charge in [-0.15, -0.1) is 0 Å². The van der Waals surface area contributed by atoms with Crippen LogP contribution in [0.2, 0.25) is 20.1 Å². The summed E-state index contributed by atoms with van der Waals surface area (Å²) in [6.07, 6.45) is 0.394. The van der Waals surface area contributed by atoms with Gasteiger partial charge in [0, 0.05) is 28.6 Å². The second-order valence-electron chi connectivity index (χ2n) is 5.82. The van der Waals surface area contributed by atoms with E-state index in [-0.39, 0.29) is 34.6 Å². The fourth-order valence-corrected chi connectivity index (χ4v) is 3.23. The number of esters is 1. The third-order valence-electron chi connectivity index (χ3n) is 3.59. The van der Waals surface area contributed by atoms with Gasteiger partial charge < -0.3 is 15.4 Å². The maximum atomic E-state index is 11.9. The summed E-state index contributed by atoms with van der Waals surface area (Å²) in [4.78, 5) is 35.5. The lowest BCUT2D eigenvalue weighted by Crippen LogP contribution is -2.25. The molecule has 0 saturated carbocycles. The summed E-state index contributed by atoms with van der Waals surface area (Å²) in [5.41, 5.74) is 0.650. The molecular weight excluding hydrogens is 462 g/mol. The van der Waals surface area contributed by atoms with Gasteiger partial charge in [-0.05, 0) is 42.8 Å². The molecule has 2 N–H and O–H groups in total. The number of halogens is 4. The minimum absolute atomic E-state index is 0.0383. The second-order valence-corrected chi connectivity index (χ2v) is 7.51. The Kier molecular flexibility index (Phi) is 9.04. The van der Waals surface area contributed by atoms with E-state index in [9.17, 15) is 14.4 Å². The smallest absolute Gasteiger partial charge is 0.306 e. The molecule has 0 saturated heterocycles. The lowest BCUT2D eigenvalue weighted by molar-refractivity contribution is -0.147. The van der Waals surface area contributed by atoms with Gasteiger partial charge in [0.05, 0.1) is 15.7 Å². The SMILES string of the molecule is O=C(COC(=O)CCCNC(=O)c1ccc(Cl)cc1)Nc1c(Cl)cc(Cl)cc1Cl. The molecule has 0 radical (unpaired) electrons. The van der Waals surface area contributed by atoms with Crippen LogP contribution < -0.4 is 10.6 Å². The van der Waals surface area contributed by atoms with Crippen LogP contribution in [0.15, 0.2) is 36.4 Å². The van der Waals surface area contributed by atoms with E-state index in [0.29, 0.717) is 22.0 Å². The first kappa shape index (κ1) is 23.3. The van der Waals surface area contributed by atoms with Gasteiger partial charge in [0.2, 0.25) is 0 Å². The fraction of sp³-hybridized carbons (Fsp3) is 0.211. The van der Waals surface area contributed by atoms with Crippen molar-refractivity contribution in [2.24, 2.45) is 0 Å². The summed E-state index contributed by atoms with van der Waals surface area (Å²) in [6.45, 7) is -0.218. The molecule has 0 spiro atoms. The third-order valence-corrected chi connectivity index (χ3v) is 4.65. The molecule has 0 atom stereocenters. The van der Waals surface area contributed by atoms with Gasteiger partial charge in [0.1, 0.15) is 0 Å². The molecule has 0 aromatic heterocycles. The molecule has 0 heterocycles. The molecular formula is C19H16Cl4N2O4. The Balaban J connectivity index is 1.67. The molecule has 6 nitrogen and oxygen atoms in total. The molecule has 0 bridgehead atoms. The highest BCUT2D eigenvalue weighted by molar-refractivity contribution is 6.42. The summed E-state index contributed by atoms with van der Waals surface area (Å²) in [5.74, 6) is -1.44. The van der Waals surface area contributed by atoms with Crippen molar-refractivity contribution in [3.63, 3.8) is 0 Å². The number of amides is 2. The lowest BCUT2D eigenvalue weighted by atomic mass is 10.2. The first-order chi connectivity index (χ1) is 13.8. The van der Waals surface area contributed by atoms with Crippen LogP contribution in [-0.2, 0) is 14.3 Å². The minimum atomic E-state index is -0.597. The van der Waals surface area contributed by atoms with Crippen molar-refractivity contribution < 1.29 is 19.1 Å². The average molecular weight is 478 g/mol. The van der Waals surface area contributed by atoms with Crippen molar-refractivity contribution >= 4 is 69.9 Å². The van der Waals surface area contributed by atoms with Crippen molar-refractivity contribution in [3.05, 3.63) is 62.1 Å². The van der Waals surface area contributed by atoms with E-state index in [4.69, 9.17) is 51.1 Å². The summed E-state index contributed by atoms with van der Waals surface area (Å²) < 4.78 is 4.89. The molecule has 2 aromatic rings. The Bertz CT molecular complexity index is 881. The van der Waals surface area contributed by atoms with Crippen molar-refractivity contribution in [2.45, 2.75) is 12.8 Å². The zero-order chi connectivity index (χ0) is 21.4. The highest BCUT2D eigenvalue weighted by Gasteiger charge is 2.13. The topological polar surface area (TPSA) is 84.5 Å². The zero-order valence-corrected chi connectivity index (χ0v) is 18.0. The van der Waals surface area contributed by atoms with E-state index in [1.165, 1.54) is 12.1 Å². The van der Waals surface area contributed by atoms with Gasteiger partial charge in [-0.2, -0.15) is 0 Å². The molecule has 2 aromatic carbocycles. The number of hydrogen-bond donors (Lipinski definition) is 2. The van der Waals surface area contributed by atoms with Crippen LogP contribution in [0.4, 0.5) is 5.69 Å². The first-order valence-corrected chi connectivity index (χ1v) is 9.91. The first-order valence-electron chi connectivity index (χ1n) is 8.40. The fourth-order valence-electron chi connectivity index (χ4n) is 2.19. The normalized spacial score (nSPS) is 10.3. The van der Waals surface area contributed by atoms with Gasteiger partial charge in [-0.3, -0.25) is 14.4 Å². The Morgan fingerprint density at radius 2 is 1.52 bits per heavy atom. The molecule has 2 amide bonds.